The second-order valence-corrected chi connectivity index (χ2v) is 7.78. The van der Waals surface area contributed by atoms with Crippen molar-refractivity contribution in [1.29, 1.82) is 0 Å². The maximum Gasteiger partial charge on any atom is 0.165 e. The molecular formula is C11H20N4O2S. The predicted octanol–water partition coefficient (Wildman–Crippen LogP) is 0.200. The molecule has 0 spiro atoms. The normalized spacial score (nSPS) is 30.7. The van der Waals surface area contributed by atoms with Gasteiger partial charge >= 0.3 is 0 Å². The molecule has 1 atom stereocenters. The molecule has 7 heteroatoms. The van der Waals surface area contributed by atoms with Crippen LogP contribution in [0.5, 0.6) is 0 Å². The summed E-state index contributed by atoms with van der Waals surface area (Å²) in [6, 6.07) is 0. The Bertz CT molecular complexity index is 541. The molecule has 0 fully saturated rings. The fourth-order valence-electron chi connectivity index (χ4n) is 1.62. The lowest BCUT2D eigenvalue weighted by Crippen LogP contribution is -2.56. The lowest BCUT2D eigenvalue weighted by Gasteiger charge is -2.37. The van der Waals surface area contributed by atoms with E-state index in [9.17, 15) is 8.42 Å². The monoisotopic (exact) mass is 272 g/mol. The molecule has 0 aromatic heterocycles. The average molecular weight is 272 g/mol. The molecule has 0 saturated carbocycles. The molecule has 1 rings (SSSR count). The molecule has 0 aromatic carbocycles. The van der Waals surface area contributed by atoms with Gasteiger partial charge in [0.2, 0.25) is 0 Å². The van der Waals surface area contributed by atoms with Crippen LogP contribution in [0.2, 0.25) is 0 Å². The van der Waals surface area contributed by atoms with Gasteiger partial charge in [-0.15, -0.1) is 0 Å². The molecule has 1 unspecified atom stereocenters. The van der Waals surface area contributed by atoms with E-state index in [2.05, 4.69) is 16.6 Å². The summed E-state index contributed by atoms with van der Waals surface area (Å²) in [5.74, 6) is 0.197. The third-order valence-corrected chi connectivity index (χ3v) is 5.87. The minimum Gasteiger partial charge on any atom is -0.387 e. The average Bonchev–Trinajstić information content (AvgIpc) is 2.13. The molecule has 6 nitrogen and oxygen atoms in total. The third kappa shape index (κ3) is 2.27. The van der Waals surface area contributed by atoms with E-state index in [0.717, 1.165) is 0 Å². The first-order valence-electron chi connectivity index (χ1n) is 5.51. The lowest BCUT2D eigenvalue weighted by atomic mass is 10.0. The van der Waals surface area contributed by atoms with Gasteiger partial charge in [0.15, 0.2) is 9.84 Å². The summed E-state index contributed by atoms with van der Waals surface area (Å²) < 4.78 is 23.3. The molecule has 102 valence electrons. The van der Waals surface area contributed by atoms with Crippen molar-refractivity contribution in [1.82, 2.24) is 0 Å². The summed E-state index contributed by atoms with van der Waals surface area (Å²) in [7, 11) is -3.43. The molecule has 0 amide bonds. The van der Waals surface area contributed by atoms with Crippen LogP contribution in [0.1, 0.15) is 27.7 Å². The Morgan fingerprint density at radius 2 is 1.94 bits per heavy atom. The molecule has 1 aliphatic heterocycles. The van der Waals surface area contributed by atoms with Crippen molar-refractivity contribution in [3.05, 3.63) is 12.3 Å². The Morgan fingerprint density at radius 1 is 1.44 bits per heavy atom. The number of nitrogens with two attached hydrogens (primary N) is 2. The van der Waals surface area contributed by atoms with E-state index in [4.69, 9.17) is 11.5 Å². The number of hydrogen-bond acceptors (Lipinski definition) is 5. The van der Waals surface area contributed by atoms with E-state index in [-0.39, 0.29) is 11.6 Å². The van der Waals surface area contributed by atoms with Gasteiger partial charge in [0.05, 0.1) is 17.3 Å². The van der Waals surface area contributed by atoms with E-state index >= 15 is 0 Å². The summed E-state index contributed by atoms with van der Waals surface area (Å²) >= 11 is 0. The molecule has 0 radical (unpaired) electrons. The second kappa shape index (κ2) is 4.08. The Labute approximate surface area is 108 Å². The van der Waals surface area contributed by atoms with Crippen molar-refractivity contribution < 1.29 is 8.42 Å². The van der Waals surface area contributed by atoms with Crippen LogP contribution in [-0.4, -0.2) is 36.1 Å². The molecular weight excluding hydrogens is 252 g/mol. The number of sulfone groups is 1. The predicted molar refractivity (Wildman–Crippen MR) is 74.3 cm³/mol. The molecule has 0 saturated heterocycles. The highest BCUT2D eigenvalue weighted by Gasteiger charge is 2.49. The number of amidine groups is 2. The summed E-state index contributed by atoms with van der Waals surface area (Å²) in [6.45, 7) is 10.1. The van der Waals surface area contributed by atoms with Crippen LogP contribution in [0.3, 0.4) is 0 Å². The van der Waals surface area contributed by atoms with Crippen molar-refractivity contribution in [3.8, 4) is 0 Å². The fourth-order valence-corrected chi connectivity index (χ4v) is 3.32. The van der Waals surface area contributed by atoms with Crippen LogP contribution in [0, 0.1) is 0 Å². The van der Waals surface area contributed by atoms with Gasteiger partial charge in [-0.1, -0.05) is 6.58 Å². The van der Waals surface area contributed by atoms with Crippen LogP contribution in [0.25, 0.3) is 0 Å². The summed E-state index contributed by atoms with van der Waals surface area (Å²) in [6.07, 6.45) is 0. The van der Waals surface area contributed by atoms with Gasteiger partial charge in [0, 0.05) is 0 Å². The van der Waals surface area contributed by atoms with Crippen molar-refractivity contribution in [3.63, 3.8) is 0 Å². The molecule has 4 N–H and O–H groups in total. The van der Waals surface area contributed by atoms with Crippen LogP contribution in [0.4, 0.5) is 0 Å². The fraction of sp³-hybridized carbons (Fsp3) is 0.636. The van der Waals surface area contributed by atoms with Crippen LogP contribution >= 0.6 is 0 Å². The van der Waals surface area contributed by atoms with Gasteiger partial charge < -0.3 is 11.5 Å². The first kappa shape index (κ1) is 14.7. The highest BCUT2D eigenvalue weighted by atomic mass is 32.2. The molecule has 18 heavy (non-hydrogen) atoms. The third-order valence-electron chi connectivity index (χ3n) is 3.17. The van der Waals surface area contributed by atoms with Crippen molar-refractivity contribution in [2.75, 3.05) is 5.75 Å². The zero-order chi connectivity index (χ0) is 14.4. The summed E-state index contributed by atoms with van der Waals surface area (Å²) in [5.41, 5.74) is 10.5. The standard InChI is InChI=1S/C11H20N4O2S/c1-7(14-8(2)12)11(5)6-18(16,17)10(3,4)9(13)15-11/h1,6H2,2-5H3,(H2,12,14)(H2,13,15). The topological polar surface area (TPSA) is 111 Å². The van der Waals surface area contributed by atoms with E-state index < -0.39 is 20.1 Å². The molecule has 1 aliphatic rings. The second-order valence-electron chi connectivity index (χ2n) is 5.24. The van der Waals surface area contributed by atoms with Gasteiger partial charge in [0.1, 0.15) is 16.1 Å². The number of nitrogens with zero attached hydrogens (tertiary/aromatic N) is 2. The maximum atomic E-state index is 12.2. The van der Waals surface area contributed by atoms with Crippen molar-refractivity contribution in [2.24, 2.45) is 21.5 Å². The zero-order valence-corrected chi connectivity index (χ0v) is 12.0. The highest BCUT2D eigenvalue weighted by molar-refractivity contribution is 7.93. The van der Waals surface area contributed by atoms with Crippen LogP contribution in [0.15, 0.2) is 22.3 Å². The Kier molecular flexibility index (Phi) is 3.33. The molecule has 0 bridgehead atoms. The minimum absolute atomic E-state index is 0.0716. The number of aliphatic imine (C=N–C) groups is 2. The molecule has 0 aliphatic carbocycles. The van der Waals surface area contributed by atoms with E-state index in [1.807, 2.05) is 0 Å². The zero-order valence-electron chi connectivity index (χ0n) is 11.2. The van der Waals surface area contributed by atoms with Crippen LogP contribution < -0.4 is 11.5 Å². The van der Waals surface area contributed by atoms with E-state index in [0.29, 0.717) is 11.5 Å². The van der Waals surface area contributed by atoms with Gasteiger partial charge in [-0.2, -0.15) is 0 Å². The van der Waals surface area contributed by atoms with Crippen molar-refractivity contribution in [2.45, 2.75) is 38.0 Å². The van der Waals surface area contributed by atoms with Crippen LogP contribution in [-0.2, 0) is 9.84 Å². The summed E-state index contributed by atoms with van der Waals surface area (Å²) in [4.78, 5) is 8.26. The number of hydrogen-bond donors (Lipinski definition) is 2. The molecule has 0 aromatic rings. The van der Waals surface area contributed by atoms with Crippen molar-refractivity contribution >= 4 is 21.5 Å². The first-order valence-corrected chi connectivity index (χ1v) is 7.16. The quantitative estimate of drug-likeness (QED) is 0.552. The van der Waals surface area contributed by atoms with Gasteiger partial charge in [-0.25, -0.2) is 13.4 Å². The van der Waals surface area contributed by atoms with Gasteiger partial charge in [-0.3, -0.25) is 4.99 Å². The molecule has 1 heterocycles. The van der Waals surface area contributed by atoms with E-state index in [1.165, 1.54) is 0 Å². The Balaban J connectivity index is 3.36. The number of rotatable bonds is 2. The maximum absolute atomic E-state index is 12.2. The highest BCUT2D eigenvalue weighted by Crippen LogP contribution is 2.34. The Morgan fingerprint density at radius 3 is 2.33 bits per heavy atom. The smallest absolute Gasteiger partial charge is 0.165 e. The lowest BCUT2D eigenvalue weighted by molar-refractivity contribution is 0.527. The van der Waals surface area contributed by atoms with Gasteiger partial charge in [-0.05, 0) is 27.7 Å². The van der Waals surface area contributed by atoms with E-state index in [1.54, 1.807) is 27.7 Å². The Hall–Kier alpha value is -1.37. The largest absolute Gasteiger partial charge is 0.387 e. The summed E-state index contributed by atoms with van der Waals surface area (Å²) in [5, 5.41) is 0. The SMILES string of the molecule is C=C(N=C(C)N)C1(C)CS(=O)(=O)C(C)(C)C(N)=N1. The minimum atomic E-state index is -3.43. The van der Waals surface area contributed by atoms with Gasteiger partial charge in [0.25, 0.3) is 0 Å². The first-order chi connectivity index (χ1) is 7.92.